The Morgan fingerprint density at radius 3 is 2.57 bits per heavy atom. The van der Waals surface area contributed by atoms with Crippen molar-refractivity contribution in [3.63, 3.8) is 0 Å². The van der Waals surface area contributed by atoms with Crippen LogP contribution in [0.1, 0.15) is 6.92 Å². The zero-order chi connectivity index (χ0) is 20.1. The molecule has 0 fully saturated rings. The number of nitro groups is 1. The molecule has 0 atom stereocenters. The highest BCUT2D eigenvalue weighted by molar-refractivity contribution is 7.99. The average molecular weight is 401 g/mol. The van der Waals surface area contributed by atoms with Gasteiger partial charge in [-0.25, -0.2) is 4.39 Å². The van der Waals surface area contributed by atoms with Crippen LogP contribution in [0.15, 0.2) is 53.7 Å². The molecule has 1 N–H and O–H groups in total. The number of hydrogen-bond donors (Lipinski definition) is 1. The Kier molecular flexibility index (Phi) is 5.99. The minimum Gasteiger partial charge on any atom is -0.325 e. The molecule has 0 aliphatic rings. The summed E-state index contributed by atoms with van der Waals surface area (Å²) in [5.74, 6) is -0.222. The minimum atomic E-state index is -0.508. The fourth-order valence-corrected chi connectivity index (χ4v) is 3.32. The smallest absolute Gasteiger partial charge is 0.269 e. The Labute approximate surface area is 163 Å². The SMILES string of the molecule is CCn1c(SCC(=O)Nc2ccc([N+](=O)[O-])cc2)nnc1-c1ccccc1F. The van der Waals surface area contributed by atoms with Crippen molar-refractivity contribution in [2.75, 3.05) is 11.1 Å². The second-order valence-corrected chi connectivity index (χ2v) is 6.61. The summed E-state index contributed by atoms with van der Waals surface area (Å²) in [6, 6.07) is 11.9. The Bertz CT molecular complexity index is 1010. The monoisotopic (exact) mass is 401 g/mol. The van der Waals surface area contributed by atoms with Crippen molar-refractivity contribution in [1.82, 2.24) is 14.8 Å². The summed E-state index contributed by atoms with van der Waals surface area (Å²) in [4.78, 5) is 22.3. The highest BCUT2D eigenvalue weighted by atomic mass is 32.2. The lowest BCUT2D eigenvalue weighted by atomic mass is 10.2. The van der Waals surface area contributed by atoms with E-state index in [-0.39, 0.29) is 17.3 Å². The number of thioether (sulfide) groups is 1. The maximum absolute atomic E-state index is 14.0. The third-order valence-corrected chi connectivity index (χ3v) is 4.81. The van der Waals surface area contributed by atoms with Crippen LogP contribution in [0.25, 0.3) is 11.4 Å². The number of amides is 1. The zero-order valence-electron chi connectivity index (χ0n) is 14.8. The molecule has 1 heterocycles. The molecule has 0 saturated heterocycles. The number of carbonyl (C=O) groups is 1. The number of benzene rings is 2. The molecule has 0 radical (unpaired) electrons. The van der Waals surface area contributed by atoms with E-state index in [9.17, 15) is 19.3 Å². The normalized spacial score (nSPS) is 10.6. The lowest BCUT2D eigenvalue weighted by Gasteiger charge is -2.08. The molecule has 3 aromatic rings. The largest absolute Gasteiger partial charge is 0.325 e. The van der Waals surface area contributed by atoms with Crippen molar-refractivity contribution in [1.29, 1.82) is 0 Å². The molecule has 0 bridgehead atoms. The van der Waals surface area contributed by atoms with Crippen LogP contribution in [-0.4, -0.2) is 31.3 Å². The summed E-state index contributed by atoms with van der Waals surface area (Å²) in [5, 5.41) is 22.0. The third-order valence-electron chi connectivity index (χ3n) is 3.84. The number of halogens is 1. The molecule has 28 heavy (non-hydrogen) atoms. The quantitative estimate of drug-likeness (QED) is 0.367. The Balaban J connectivity index is 1.67. The Morgan fingerprint density at radius 2 is 1.93 bits per heavy atom. The van der Waals surface area contributed by atoms with E-state index in [0.29, 0.717) is 28.8 Å². The molecule has 0 aliphatic carbocycles. The third kappa shape index (κ3) is 4.34. The Morgan fingerprint density at radius 1 is 1.21 bits per heavy atom. The van der Waals surface area contributed by atoms with E-state index in [0.717, 1.165) is 0 Å². The van der Waals surface area contributed by atoms with Crippen LogP contribution in [-0.2, 0) is 11.3 Å². The summed E-state index contributed by atoms with van der Waals surface area (Å²) in [5.41, 5.74) is 0.753. The molecule has 0 spiro atoms. The van der Waals surface area contributed by atoms with Gasteiger partial charge in [-0.1, -0.05) is 23.9 Å². The molecule has 3 rings (SSSR count). The highest BCUT2D eigenvalue weighted by Gasteiger charge is 2.17. The number of nitrogens with zero attached hydrogens (tertiary/aromatic N) is 4. The van der Waals surface area contributed by atoms with Crippen molar-refractivity contribution < 1.29 is 14.1 Å². The zero-order valence-corrected chi connectivity index (χ0v) is 15.6. The fraction of sp³-hybridized carbons (Fsp3) is 0.167. The molecule has 1 amide bonds. The van der Waals surface area contributed by atoms with Crippen LogP contribution < -0.4 is 5.32 Å². The molecule has 10 heteroatoms. The van der Waals surface area contributed by atoms with E-state index in [4.69, 9.17) is 0 Å². The van der Waals surface area contributed by atoms with Crippen LogP contribution in [0.2, 0.25) is 0 Å². The summed E-state index contributed by atoms with van der Waals surface area (Å²) < 4.78 is 15.8. The second kappa shape index (κ2) is 8.61. The van der Waals surface area contributed by atoms with Crippen LogP contribution in [0, 0.1) is 15.9 Å². The second-order valence-electron chi connectivity index (χ2n) is 5.67. The first-order chi connectivity index (χ1) is 13.5. The van der Waals surface area contributed by atoms with Gasteiger partial charge in [-0.3, -0.25) is 14.9 Å². The molecule has 0 aliphatic heterocycles. The van der Waals surface area contributed by atoms with Crippen molar-refractivity contribution in [2.24, 2.45) is 0 Å². The van der Waals surface area contributed by atoms with Crippen LogP contribution in [0.5, 0.6) is 0 Å². The van der Waals surface area contributed by atoms with Gasteiger partial charge in [0.1, 0.15) is 5.82 Å². The van der Waals surface area contributed by atoms with Gasteiger partial charge in [-0.15, -0.1) is 10.2 Å². The molecular formula is C18H16FN5O3S. The van der Waals surface area contributed by atoms with Gasteiger partial charge in [-0.2, -0.15) is 0 Å². The molecule has 2 aromatic carbocycles. The van der Waals surface area contributed by atoms with Gasteiger partial charge in [0.25, 0.3) is 5.69 Å². The predicted octanol–water partition coefficient (Wildman–Crippen LogP) is 3.74. The van der Waals surface area contributed by atoms with Gasteiger partial charge in [0.15, 0.2) is 11.0 Å². The molecule has 0 saturated carbocycles. The molecule has 1 aromatic heterocycles. The van der Waals surface area contributed by atoms with Crippen LogP contribution >= 0.6 is 11.8 Å². The lowest BCUT2D eigenvalue weighted by molar-refractivity contribution is -0.384. The maximum Gasteiger partial charge on any atom is 0.269 e. The van der Waals surface area contributed by atoms with Gasteiger partial charge in [0, 0.05) is 24.4 Å². The first-order valence-electron chi connectivity index (χ1n) is 8.34. The number of anilines is 1. The van der Waals surface area contributed by atoms with Gasteiger partial charge in [0.2, 0.25) is 5.91 Å². The predicted molar refractivity (Wildman–Crippen MR) is 104 cm³/mol. The standard InChI is InChI=1S/C18H16FN5O3S/c1-2-23-17(14-5-3-4-6-15(14)19)21-22-18(23)28-11-16(25)20-12-7-9-13(10-8-12)24(26)27/h3-10H,2,11H2,1H3,(H,20,25). The van der Waals surface area contributed by atoms with Crippen LogP contribution in [0.4, 0.5) is 15.8 Å². The summed E-state index contributed by atoms with van der Waals surface area (Å²) in [7, 11) is 0. The summed E-state index contributed by atoms with van der Waals surface area (Å²) in [6.45, 7) is 2.40. The number of nitrogens with one attached hydrogen (secondary N) is 1. The topological polar surface area (TPSA) is 103 Å². The number of hydrogen-bond acceptors (Lipinski definition) is 6. The van der Waals surface area contributed by atoms with Crippen molar-refractivity contribution in [2.45, 2.75) is 18.6 Å². The van der Waals surface area contributed by atoms with E-state index in [2.05, 4.69) is 15.5 Å². The first-order valence-corrected chi connectivity index (χ1v) is 9.33. The minimum absolute atomic E-state index is 0.0518. The van der Waals surface area contributed by atoms with E-state index in [1.807, 2.05) is 6.92 Å². The van der Waals surface area contributed by atoms with Gasteiger partial charge >= 0.3 is 0 Å². The van der Waals surface area contributed by atoms with E-state index < -0.39 is 10.7 Å². The summed E-state index contributed by atoms with van der Waals surface area (Å²) >= 11 is 1.18. The number of carbonyl (C=O) groups excluding carboxylic acids is 1. The fourth-order valence-electron chi connectivity index (χ4n) is 2.52. The first kappa shape index (κ1) is 19.5. The number of aromatic nitrogens is 3. The van der Waals surface area contributed by atoms with E-state index in [1.165, 1.54) is 42.1 Å². The highest BCUT2D eigenvalue weighted by Crippen LogP contribution is 2.26. The number of rotatable bonds is 7. The van der Waals surface area contributed by atoms with Crippen molar-refractivity contribution in [3.8, 4) is 11.4 Å². The number of nitro benzene ring substituents is 1. The van der Waals surface area contributed by atoms with E-state index in [1.54, 1.807) is 22.8 Å². The van der Waals surface area contributed by atoms with Gasteiger partial charge in [0.05, 0.1) is 16.2 Å². The maximum atomic E-state index is 14.0. The Hall–Kier alpha value is -3.27. The lowest BCUT2D eigenvalue weighted by Crippen LogP contribution is -2.14. The van der Waals surface area contributed by atoms with Crippen molar-refractivity contribution >= 4 is 29.0 Å². The molecule has 8 nitrogen and oxygen atoms in total. The van der Waals surface area contributed by atoms with Crippen LogP contribution in [0.3, 0.4) is 0 Å². The summed E-state index contributed by atoms with van der Waals surface area (Å²) in [6.07, 6.45) is 0. The molecular weight excluding hydrogens is 385 g/mol. The number of non-ortho nitro benzene ring substituents is 1. The average Bonchev–Trinajstić information content (AvgIpc) is 3.10. The van der Waals surface area contributed by atoms with Gasteiger partial charge < -0.3 is 9.88 Å². The van der Waals surface area contributed by atoms with Gasteiger partial charge in [-0.05, 0) is 31.2 Å². The van der Waals surface area contributed by atoms with Crippen molar-refractivity contribution in [3.05, 3.63) is 64.5 Å². The molecule has 0 unspecified atom stereocenters. The molecule has 144 valence electrons. The van der Waals surface area contributed by atoms with E-state index >= 15 is 0 Å².